The van der Waals surface area contributed by atoms with E-state index in [1.54, 1.807) is 13.0 Å². The molecule has 1 spiro atoms. The summed E-state index contributed by atoms with van der Waals surface area (Å²) in [6.07, 6.45) is 0.257. The molecular formula is C41H49N3O11. The molecule has 6 rings (SSSR count). The number of carbonyl (C=O) groups is 4. The fraction of sp³-hybridized carbons (Fsp3) is 0.463. The average molecular weight is 760 g/mol. The standard InChI is InChI=1S/C41H49N3O11/c1-2-49-38(46)34(21-28-11-5-3-6-12-28)44-36(45)19-18-31-22-33(53-40(48)43-25-30-15-9-17-35-37(30)52-27-51-35)23-41(54-31)20-10-16-32(55-41)26-50-39(47)42-24-29-13-7-4-8-14-29/h3-9,11-15,17,31-34H,2,10,16,18-27H2,1H3,(H,42,47)(H,43,48)(H,44,45)/t31-,32-,33-,34+,41+/m1/s1. The number of amides is 3. The lowest BCUT2D eigenvalue weighted by molar-refractivity contribution is -0.329. The first-order chi connectivity index (χ1) is 26.8. The molecule has 3 N–H and O–H groups in total. The van der Waals surface area contributed by atoms with Crippen LogP contribution in [0.4, 0.5) is 9.59 Å². The summed E-state index contributed by atoms with van der Waals surface area (Å²) in [5.41, 5.74) is 2.58. The number of carbonyl (C=O) groups excluding carboxylic acids is 4. The molecule has 0 aromatic heterocycles. The molecule has 0 saturated carbocycles. The molecule has 0 unspecified atom stereocenters. The summed E-state index contributed by atoms with van der Waals surface area (Å²) in [6.45, 7) is 2.52. The van der Waals surface area contributed by atoms with E-state index >= 15 is 0 Å². The summed E-state index contributed by atoms with van der Waals surface area (Å²) in [5, 5.41) is 8.41. The Kier molecular flexibility index (Phi) is 13.8. The first-order valence-corrected chi connectivity index (χ1v) is 18.9. The van der Waals surface area contributed by atoms with Gasteiger partial charge in [0.15, 0.2) is 17.3 Å². The van der Waals surface area contributed by atoms with Crippen molar-refractivity contribution in [2.24, 2.45) is 0 Å². The van der Waals surface area contributed by atoms with E-state index < -0.39 is 48.3 Å². The third-order valence-corrected chi connectivity index (χ3v) is 9.65. The molecule has 3 heterocycles. The van der Waals surface area contributed by atoms with Crippen molar-refractivity contribution in [3.05, 3.63) is 95.6 Å². The molecule has 3 aliphatic rings. The molecule has 3 aliphatic heterocycles. The third kappa shape index (κ3) is 11.6. The number of nitrogens with one attached hydrogen (secondary N) is 3. The second-order valence-corrected chi connectivity index (χ2v) is 13.8. The summed E-state index contributed by atoms with van der Waals surface area (Å²) in [5.74, 6) is -0.793. The largest absolute Gasteiger partial charge is 0.464 e. The number of rotatable bonds is 15. The minimum atomic E-state index is -1.14. The summed E-state index contributed by atoms with van der Waals surface area (Å²) >= 11 is 0. The Morgan fingerprint density at radius 2 is 1.58 bits per heavy atom. The van der Waals surface area contributed by atoms with Crippen LogP contribution in [0.1, 0.15) is 68.6 Å². The number of fused-ring (bicyclic) bond motifs is 1. The lowest BCUT2D eigenvalue weighted by atomic mass is 9.90. The summed E-state index contributed by atoms with van der Waals surface area (Å²) in [6, 6.07) is 23.5. The summed E-state index contributed by atoms with van der Waals surface area (Å²) < 4.78 is 40.8. The lowest BCUT2D eigenvalue weighted by Crippen LogP contribution is -2.54. The maximum absolute atomic E-state index is 13.3. The molecule has 0 bridgehead atoms. The number of ether oxygens (including phenoxy) is 7. The summed E-state index contributed by atoms with van der Waals surface area (Å²) in [4.78, 5) is 51.8. The molecule has 3 aromatic rings. The van der Waals surface area contributed by atoms with Crippen LogP contribution >= 0.6 is 0 Å². The highest BCUT2D eigenvalue weighted by molar-refractivity contribution is 5.84. The molecule has 5 atom stereocenters. The minimum absolute atomic E-state index is 0.00859. The van der Waals surface area contributed by atoms with Gasteiger partial charge in [-0.05, 0) is 43.4 Å². The second kappa shape index (κ2) is 19.3. The van der Waals surface area contributed by atoms with Crippen molar-refractivity contribution >= 4 is 24.1 Å². The Hall–Kier alpha value is -5.34. The number of hydrogen-bond acceptors (Lipinski definition) is 11. The Morgan fingerprint density at radius 1 is 0.836 bits per heavy atom. The van der Waals surface area contributed by atoms with Gasteiger partial charge in [-0.3, -0.25) is 4.79 Å². The van der Waals surface area contributed by atoms with Gasteiger partial charge in [0.05, 0.1) is 18.8 Å². The smallest absolute Gasteiger partial charge is 0.407 e. The number of para-hydroxylation sites is 1. The van der Waals surface area contributed by atoms with E-state index in [-0.39, 0.29) is 58.1 Å². The highest BCUT2D eigenvalue weighted by atomic mass is 16.7. The molecular weight excluding hydrogens is 710 g/mol. The molecule has 2 fully saturated rings. The lowest BCUT2D eigenvalue weighted by Gasteiger charge is -2.47. The third-order valence-electron chi connectivity index (χ3n) is 9.65. The van der Waals surface area contributed by atoms with Crippen LogP contribution in [-0.4, -0.2) is 74.2 Å². The van der Waals surface area contributed by atoms with E-state index in [9.17, 15) is 19.2 Å². The van der Waals surface area contributed by atoms with E-state index in [0.717, 1.165) is 16.7 Å². The van der Waals surface area contributed by atoms with Crippen molar-refractivity contribution in [1.82, 2.24) is 16.0 Å². The molecule has 55 heavy (non-hydrogen) atoms. The Labute approximate surface area is 320 Å². The van der Waals surface area contributed by atoms with E-state index in [2.05, 4.69) is 16.0 Å². The van der Waals surface area contributed by atoms with Crippen molar-refractivity contribution in [2.45, 2.75) is 102 Å². The molecule has 14 heteroatoms. The number of alkyl carbamates (subject to hydrolysis) is 2. The van der Waals surface area contributed by atoms with Gasteiger partial charge in [0.1, 0.15) is 18.8 Å². The predicted molar refractivity (Wildman–Crippen MR) is 198 cm³/mol. The van der Waals surface area contributed by atoms with Crippen molar-refractivity contribution in [3.63, 3.8) is 0 Å². The molecule has 14 nitrogen and oxygen atoms in total. The molecule has 2 saturated heterocycles. The van der Waals surface area contributed by atoms with Crippen LogP contribution in [0, 0.1) is 0 Å². The van der Waals surface area contributed by atoms with E-state index in [1.807, 2.05) is 72.8 Å². The van der Waals surface area contributed by atoms with Gasteiger partial charge in [0, 0.05) is 50.8 Å². The first-order valence-electron chi connectivity index (χ1n) is 18.9. The van der Waals surface area contributed by atoms with Crippen molar-refractivity contribution in [2.75, 3.05) is 20.0 Å². The SMILES string of the molecule is CCOC(=O)[C@H](Cc1ccccc1)NC(=O)CC[C@@H]1C[C@@H](OC(=O)NCc2cccc3c2OCO3)C[C@@]2(CCC[C@H](COC(=O)NCc3ccccc3)O2)O1. The normalized spacial score (nSPS) is 21.9. The van der Waals surface area contributed by atoms with E-state index in [4.69, 9.17) is 33.2 Å². The highest BCUT2D eigenvalue weighted by Gasteiger charge is 2.47. The first kappa shape index (κ1) is 39.4. The Balaban J connectivity index is 1.07. The number of benzene rings is 3. The van der Waals surface area contributed by atoms with E-state index in [1.165, 1.54) is 0 Å². The number of hydrogen-bond donors (Lipinski definition) is 3. The van der Waals surface area contributed by atoms with Crippen LogP contribution in [0.15, 0.2) is 78.9 Å². The Morgan fingerprint density at radius 3 is 2.36 bits per heavy atom. The van der Waals surface area contributed by atoms with Gasteiger partial charge in [-0.15, -0.1) is 0 Å². The topological polar surface area (TPSA) is 169 Å². The molecule has 0 aliphatic carbocycles. The number of esters is 1. The van der Waals surface area contributed by atoms with Crippen molar-refractivity contribution in [3.8, 4) is 11.5 Å². The van der Waals surface area contributed by atoms with Crippen molar-refractivity contribution < 1.29 is 52.3 Å². The van der Waals surface area contributed by atoms with Gasteiger partial charge in [0.25, 0.3) is 0 Å². The van der Waals surface area contributed by atoms with Crippen LogP contribution in [0.5, 0.6) is 11.5 Å². The second-order valence-electron chi connectivity index (χ2n) is 13.8. The molecule has 294 valence electrons. The molecule has 0 radical (unpaired) electrons. The molecule has 3 amide bonds. The van der Waals surface area contributed by atoms with Crippen LogP contribution in [0.25, 0.3) is 0 Å². The van der Waals surface area contributed by atoms with Gasteiger partial charge < -0.3 is 49.1 Å². The van der Waals surface area contributed by atoms with Gasteiger partial charge in [-0.2, -0.15) is 0 Å². The van der Waals surface area contributed by atoms with Crippen LogP contribution in [-0.2, 0) is 52.8 Å². The van der Waals surface area contributed by atoms with Gasteiger partial charge in [-0.1, -0.05) is 72.8 Å². The van der Waals surface area contributed by atoms with Crippen LogP contribution < -0.4 is 25.4 Å². The maximum Gasteiger partial charge on any atom is 0.407 e. The predicted octanol–water partition coefficient (Wildman–Crippen LogP) is 5.45. The quantitative estimate of drug-likeness (QED) is 0.133. The zero-order chi connectivity index (χ0) is 38.5. The highest BCUT2D eigenvalue weighted by Crippen LogP contribution is 2.41. The average Bonchev–Trinajstić information content (AvgIpc) is 3.68. The van der Waals surface area contributed by atoms with Gasteiger partial charge in [0.2, 0.25) is 12.7 Å². The van der Waals surface area contributed by atoms with Crippen molar-refractivity contribution in [1.29, 1.82) is 0 Å². The Bertz CT molecular complexity index is 1740. The summed E-state index contributed by atoms with van der Waals surface area (Å²) in [7, 11) is 0. The van der Waals surface area contributed by atoms with Gasteiger partial charge >= 0.3 is 18.2 Å². The zero-order valence-electron chi connectivity index (χ0n) is 31.0. The molecule has 3 aromatic carbocycles. The van der Waals surface area contributed by atoms with Crippen LogP contribution in [0.3, 0.4) is 0 Å². The monoisotopic (exact) mass is 759 g/mol. The van der Waals surface area contributed by atoms with E-state index in [0.29, 0.717) is 43.7 Å². The van der Waals surface area contributed by atoms with Gasteiger partial charge in [-0.25, -0.2) is 14.4 Å². The maximum atomic E-state index is 13.3. The zero-order valence-corrected chi connectivity index (χ0v) is 31.0. The fourth-order valence-electron chi connectivity index (χ4n) is 7.09. The van der Waals surface area contributed by atoms with Crippen LogP contribution in [0.2, 0.25) is 0 Å². The minimum Gasteiger partial charge on any atom is -0.464 e. The fourth-order valence-corrected chi connectivity index (χ4v) is 7.09.